The Bertz CT molecular complexity index is 528. The Morgan fingerprint density at radius 2 is 2.00 bits per heavy atom. The zero-order valence-electron chi connectivity index (χ0n) is 16.7. The summed E-state index contributed by atoms with van der Waals surface area (Å²) in [5.74, 6) is 0.892. The molecule has 0 atom stereocenters. The van der Waals surface area contributed by atoms with Crippen molar-refractivity contribution in [3.05, 3.63) is 15.6 Å². The molecule has 0 aromatic carbocycles. The minimum absolute atomic E-state index is 0. The van der Waals surface area contributed by atoms with Crippen LogP contribution in [0.2, 0.25) is 0 Å². The van der Waals surface area contributed by atoms with Crippen molar-refractivity contribution in [3.63, 3.8) is 0 Å². The van der Waals surface area contributed by atoms with E-state index in [1.807, 2.05) is 0 Å². The Labute approximate surface area is 179 Å². The van der Waals surface area contributed by atoms with E-state index in [1.165, 1.54) is 37.5 Å². The van der Waals surface area contributed by atoms with Crippen LogP contribution < -0.4 is 10.6 Å². The molecule has 2 rings (SSSR count). The van der Waals surface area contributed by atoms with Crippen LogP contribution >= 0.6 is 35.3 Å². The predicted molar refractivity (Wildman–Crippen MR) is 123 cm³/mol. The fraction of sp³-hybridized carbons (Fsp3) is 0.778. The van der Waals surface area contributed by atoms with Gasteiger partial charge in [-0.25, -0.2) is 9.98 Å². The van der Waals surface area contributed by atoms with Gasteiger partial charge in [-0.05, 0) is 60.3 Å². The lowest BCUT2D eigenvalue weighted by molar-refractivity contribution is 0.274. The van der Waals surface area contributed by atoms with Crippen molar-refractivity contribution in [2.75, 3.05) is 52.9 Å². The number of likely N-dealkylation sites (N-methyl/N-ethyl adjacent to an activating group) is 1. The number of guanidine groups is 1. The van der Waals surface area contributed by atoms with Crippen molar-refractivity contribution in [1.82, 2.24) is 25.4 Å². The molecule has 0 bridgehead atoms. The number of thiazole rings is 1. The number of halogens is 1. The van der Waals surface area contributed by atoms with Gasteiger partial charge in [0.15, 0.2) is 5.96 Å². The molecule has 0 radical (unpaired) electrons. The second-order valence-corrected chi connectivity index (χ2v) is 8.01. The summed E-state index contributed by atoms with van der Waals surface area (Å²) in [4.78, 5) is 15.5. The van der Waals surface area contributed by atoms with Crippen molar-refractivity contribution in [3.8, 4) is 0 Å². The summed E-state index contributed by atoms with van der Waals surface area (Å²) in [5.41, 5.74) is 1.12. The number of nitrogens with zero attached hydrogens (tertiary/aromatic N) is 4. The van der Waals surface area contributed by atoms with Crippen molar-refractivity contribution in [2.45, 2.75) is 40.2 Å². The fourth-order valence-electron chi connectivity index (χ4n) is 2.93. The van der Waals surface area contributed by atoms with Crippen LogP contribution in [0.1, 0.15) is 35.3 Å². The van der Waals surface area contributed by atoms with Gasteiger partial charge in [0.2, 0.25) is 0 Å². The first-order chi connectivity index (χ1) is 12.1. The minimum atomic E-state index is 0. The van der Waals surface area contributed by atoms with Gasteiger partial charge in [0.1, 0.15) is 5.01 Å². The van der Waals surface area contributed by atoms with Gasteiger partial charge in [0.25, 0.3) is 0 Å². The maximum Gasteiger partial charge on any atom is 0.191 e. The molecule has 2 N–H and O–H groups in total. The van der Waals surface area contributed by atoms with Crippen molar-refractivity contribution in [1.29, 1.82) is 0 Å². The molecule has 0 spiro atoms. The summed E-state index contributed by atoms with van der Waals surface area (Å²) < 4.78 is 0. The summed E-state index contributed by atoms with van der Waals surface area (Å²) in [5, 5.41) is 7.86. The number of aromatic nitrogens is 1. The largest absolute Gasteiger partial charge is 0.357 e. The molecule has 1 saturated heterocycles. The highest BCUT2D eigenvalue weighted by molar-refractivity contribution is 14.0. The summed E-state index contributed by atoms with van der Waals surface area (Å²) in [7, 11) is 2.22. The van der Waals surface area contributed by atoms with Crippen LogP contribution in [0, 0.1) is 13.8 Å². The van der Waals surface area contributed by atoms with Gasteiger partial charge in [0.05, 0.1) is 12.2 Å². The highest BCUT2D eigenvalue weighted by Crippen LogP contribution is 2.16. The third-order valence-electron chi connectivity index (χ3n) is 4.55. The molecule has 0 amide bonds. The number of nitrogens with one attached hydrogen (secondary N) is 2. The molecule has 26 heavy (non-hydrogen) atoms. The molecule has 1 aliphatic heterocycles. The van der Waals surface area contributed by atoms with Gasteiger partial charge in [-0.1, -0.05) is 0 Å². The third kappa shape index (κ3) is 8.49. The Morgan fingerprint density at radius 1 is 1.19 bits per heavy atom. The number of rotatable bonds is 7. The zero-order valence-corrected chi connectivity index (χ0v) is 19.8. The fourth-order valence-corrected chi connectivity index (χ4v) is 3.79. The Kier molecular flexibility index (Phi) is 11.7. The molecule has 1 fully saturated rings. The molecule has 1 aromatic heterocycles. The van der Waals surface area contributed by atoms with E-state index in [9.17, 15) is 0 Å². The van der Waals surface area contributed by atoms with Crippen LogP contribution in [0.25, 0.3) is 0 Å². The quantitative estimate of drug-likeness (QED) is 0.264. The second-order valence-electron chi connectivity index (χ2n) is 6.72. The van der Waals surface area contributed by atoms with Gasteiger partial charge < -0.3 is 20.4 Å². The van der Waals surface area contributed by atoms with Crippen LogP contribution in [-0.4, -0.2) is 73.6 Å². The van der Waals surface area contributed by atoms with Crippen molar-refractivity contribution >= 4 is 41.3 Å². The lowest BCUT2D eigenvalue weighted by atomic mass is 10.3. The van der Waals surface area contributed by atoms with Crippen LogP contribution in [0.3, 0.4) is 0 Å². The Morgan fingerprint density at radius 3 is 2.69 bits per heavy atom. The zero-order chi connectivity index (χ0) is 18.1. The molecule has 150 valence electrons. The first-order valence-corrected chi connectivity index (χ1v) is 10.3. The van der Waals surface area contributed by atoms with Crippen molar-refractivity contribution in [2.24, 2.45) is 4.99 Å². The lowest BCUT2D eigenvalue weighted by Crippen LogP contribution is -2.39. The van der Waals surface area contributed by atoms with Gasteiger partial charge in [-0.3, -0.25) is 0 Å². The standard InChI is InChI=1S/C18H34N6S.HI/c1-5-19-18(21-14-17-22-15(2)16(3)25-17)20-8-6-10-24-11-7-9-23(4)12-13-24;/h5-14H2,1-4H3,(H2,19,20,21);1H. The molecule has 2 heterocycles. The SMILES string of the molecule is CCNC(=NCc1nc(C)c(C)s1)NCCCN1CCCN(C)CC1.I. The molecule has 0 unspecified atom stereocenters. The molecule has 1 aromatic rings. The van der Waals surface area contributed by atoms with Crippen molar-refractivity contribution < 1.29 is 0 Å². The minimum Gasteiger partial charge on any atom is -0.357 e. The molecule has 1 aliphatic rings. The van der Waals surface area contributed by atoms with Crippen LogP contribution in [0.5, 0.6) is 0 Å². The maximum absolute atomic E-state index is 4.67. The first-order valence-electron chi connectivity index (χ1n) is 9.44. The summed E-state index contributed by atoms with van der Waals surface area (Å²) in [6.45, 7) is 14.7. The number of hydrogen-bond donors (Lipinski definition) is 2. The molecule has 6 nitrogen and oxygen atoms in total. The molecular weight excluding hydrogens is 459 g/mol. The van der Waals surface area contributed by atoms with E-state index in [0.717, 1.165) is 42.7 Å². The van der Waals surface area contributed by atoms with Gasteiger partial charge in [-0.15, -0.1) is 35.3 Å². The van der Waals surface area contributed by atoms with Crippen LogP contribution in [0.15, 0.2) is 4.99 Å². The monoisotopic (exact) mass is 494 g/mol. The highest BCUT2D eigenvalue weighted by atomic mass is 127. The van der Waals surface area contributed by atoms with Crippen LogP contribution in [-0.2, 0) is 6.54 Å². The molecular formula is C18H35IN6S. The summed E-state index contributed by atoms with van der Waals surface area (Å²) in [6, 6.07) is 0. The molecule has 8 heteroatoms. The van der Waals surface area contributed by atoms with E-state index < -0.39 is 0 Å². The maximum atomic E-state index is 4.67. The average Bonchev–Trinajstić information content (AvgIpc) is 2.78. The van der Waals surface area contributed by atoms with Gasteiger partial charge in [-0.2, -0.15) is 0 Å². The number of hydrogen-bond acceptors (Lipinski definition) is 5. The highest BCUT2D eigenvalue weighted by Gasteiger charge is 2.11. The molecule has 0 aliphatic carbocycles. The lowest BCUT2D eigenvalue weighted by Gasteiger charge is -2.20. The smallest absolute Gasteiger partial charge is 0.191 e. The third-order valence-corrected chi connectivity index (χ3v) is 5.60. The number of aryl methyl sites for hydroxylation is 2. The van der Waals surface area contributed by atoms with E-state index in [2.05, 4.69) is 58.2 Å². The molecule has 0 saturated carbocycles. The topological polar surface area (TPSA) is 55.8 Å². The Balaban J connectivity index is 0.00000338. The van der Waals surface area contributed by atoms with Crippen LogP contribution in [0.4, 0.5) is 0 Å². The van der Waals surface area contributed by atoms with E-state index in [4.69, 9.17) is 0 Å². The predicted octanol–water partition coefficient (Wildman–Crippen LogP) is 2.46. The first kappa shape index (κ1) is 23.6. The number of aliphatic imine (C=N–C) groups is 1. The van der Waals surface area contributed by atoms with Gasteiger partial charge >= 0.3 is 0 Å². The average molecular weight is 494 g/mol. The summed E-state index contributed by atoms with van der Waals surface area (Å²) in [6.07, 6.45) is 2.42. The summed E-state index contributed by atoms with van der Waals surface area (Å²) >= 11 is 1.74. The van der Waals surface area contributed by atoms with Gasteiger partial charge in [0, 0.05) is 31.1 Å². The van der Waals surface area contributed by atoms with E-state index >= 15 is 0 Å². The second kappa shape index (κ2) is 12.9. The van der Waals surface area contributed by atoms with E-state index in [1.54, 1.807) is 11.3 Å². The van der Waals surface area contributed by atoms with E-state index in [-0.39, 0.29) is 24.0 Å². The van der Waals surface area contributed by atoms with E-state index in [0.29, 0.717) is 6.54 Å². The normalized spacial score (nSPS) is 16.8. The Hall–Kier alpha value is -0.450.